The van der Waals surface area contributed by atoms with E-state index in [0.29, 0.717) is 6.61 Å². The summed E-state index contributed by atoms with van der Waals surface area (Å²) < 4.78 is 16.4. The topological polar surface area (TPSA) is 26.3 Å². The minimum atomic E-state index is -1.49. The third-order valence-corrected chi connectivity index (χ3v) is 0.773. The van der Waals surface area contributed by atoms with Crippen LogP contribution in [0.25, 0.3) is 0 Å². The lowest BCUT2D eigenvalue weighted by atomic mass is 10.4. The Balaban J connectivity index is 3.28. The van der Waals surface area contributed by atoms with Crippen molar-refractivity contribution in [1.29, 1.82) is 0 Å². The van der Waals surface area contributed by atoms with E-state index in [4.69, 9.17) is 0 Å². The molecule has 0 heterocycles. The van der Waals surface area contributed by atoms with Gasteiger partial charge in [0.05, 0.1) is 6.61 Å². The van der Waals surface area contributed by atoms with E-state index in [9.17, 15) is 9.18 Å². The van der Waals surface area contributed by atoms with E-state index < -0.39 is 12.1 Å². The Labute approximate surface area is 54.0 Å². The molecular formula is C6H11FO2. The van der Waals surface area contributed by atoms with Crippen LogP contribution in [0.3, 0.4) is 0 Å². The predicted octanol–water partition coefficient (Wildman–Crippen LogP) is 1.30. The van der Waals surface area contributed by atoms with Gasteiger partial charge in [0.2, 0.25) is 0 Å². The van der Waals surface area contributed by atoms with Crippen molar-refractivity contribution in [3.8, 4) is 0 Å². The fourth-order valence-corrected chi connectivity index (χ4v) is 0.317. The molecule has 0 rings (SSSR count). The zero-order valence-corrected chi connectivity index (χ0v) is 5.69. The molecule has 0 bridgehead atoms. The van der Waals surface area contributed by atoms with Gasteiger partial charge in [-0.2, -0.15) is 0 Å². The first-order chi connectivity index (χ1) is 4.18. The van der Waals surface area contributed by atoms with Gasteiger partial charge in [0.1, 0.15) is 0 Å². The van der Waals surface area contributed by atoms with Crippen molar-refractivity contribution in [2.24, 2.45) is 0 Å². The summed E-state index contributed by atoms with van der Waals surface area (Å²) in [5.41, 5.74) is 0. The van der Waals surface area contributed by atoms with Crippen LogP contribution in [0.1, 0.15) is 20.3 Å². The van der Waals surface area contributed by atoms with Crippen molar-refractivity contribution >= 4 is 5.97 Å². The molecule has 0 aliphatic heterocycles. The van der Waals surface area contributed by atoms with Gasteiger partial charge in [-0.05, 0) is 13.3 Å². The molecule has 0 spiro atoms. The smallest absolute Gasteiger partial charge is 0.340 e. The summed E-state index contributed by atoms with van der Waals surface area (Å²) in [6, 6.07) is 0. The Morgan fingerprint density at radius 2 is 2.33 bits per heavy atom. The molecular weight excluding hydrogens is 123 g/mol. The van der Waals surface area contributed by atoms with Gasteiger partial charge in [0, 0.05) is 0 Å². The minimum absolute atomic E-state index is 0.313. The highest BCUT2D eigenvalue weighted by Crippen LogP contribution is 1.92. The molecule has 1 atom stereocenters. The summed E-state index contributed by atoms with van der Waals surface area (Å²) in [5, 5.41) is 0. The van der Waals surface area contributed by atoms with Crippen LogP contribution in [-0.2, 0) is 9.53 Å². The highest BCUT2D eigenvalue weighted by molar-refractivity contribution is 5.73. The number of carbonyl (C=O) groups excluding carboxylic acids is 1. The van der Waals surface area contributed by atoms with Crippen molar-refractivity contribution in [3.05, 3.63) is 0 Å². The van der Waals surface area contributed by atoms with Gasteiger partial charge < -0.3 is 4.74 Å². The monoisotopic (exact) mass is 134 g/mol. The highest BCUT2D eigenvalue weighted by Gasteiger charge is 2.10. The molecule has 0 saturated heterocycles. The second-order valence-electron chi connectivity index (χ2n) is 1.78. The van der Waals surface area contributed by atoms with Gasteiger partial charge >= 0.3 is 5.97 Å². The molecule has 3 heteroatoms. The first-order valence-corrected chi connectivity index (χ1v) is 2.99. The SMILES string of the molecule is CCCOC(=O)C(C)F. The van der Waals surface area contributed by atoms with Crippen LogP contribution in [0.5, 0.6) is 0 Å². The maximum Gasteiger partial charge on any atom is 0.340 e. The number of rotatable bonds is 3. The molecule has 0 aliphatic rings. The second kappa shape index (κ2) is 4.30. The Morgan fingerprint density at radius 1 is 1.78 bits per heavy atom. The number of esters is 1. The fourth-order valence-electron chi connectivity index (χ4n) is 0.317. The van der Waals surface area contributed by atoms with Crippen LogP contribution >= 0.6 is 0 Å². The molecule has 0 radical (unpaired) electrons. The first-order valence-electron chi connectivity index (χ1n) is 2.99. The van der Waals surface area contributed by atoms with E-state index in [-0.39, 0.29) is 0 Å². The Bertz CT molecular complexity index is 91.1. The molecule has 2 nitrogen and oxygen atoms in total. The van der Waals surface area contributed by atoms with Crippen molar-refractivity contribution in [2.75, 3.05) is 6.61 Å². The lowest BCUT2D eigenvalue weighted by molar-refractivity contribution is -0.148. The molecule has 0 amide bonds. The summed E-state index contributed by atoms with van der Waals surface area (Å²) in [6.45, 7) is 3.33. The van der Waals surface area contributed by atoms with Crippen LogP contribution < -0.4 is 0 Å². The largest absolute Gasteiger partial charge is 0.464 e. The standard InChI is InChI=1S/C6H11FO2/c1-3-4-9-6(8)5(2)7/h5H,3-4H2,1-2H3. The molecule has 9 heavy (non-hydrogen) atoms. The lowest BCUT2D eigenvalue weighted by Gasteiger charge is -2.01. The highest BCUT2D eigenvalue weighted by atomic mass is 19.1. The van der Waals surface area contributed by atoms with Crippen molar-refractivity contribution < 1.29 is 13.9 Å². The van der Waals surface area contributed by atoms with Gasteiger partial charge in [-0.1, -0.05) is 6.92 Å². The van der Waals surface area contributed by atoms with Gasteiger partial charge in [-0.25, -0.2) is 9.18 Å². The van der Waals surface area contributed by atoms with Crippen molar-refractivity contribution in [3.63, 3.8) is 0 Å². The number of hydrogen-bond donors (Lipinski definition) is 0. The number of ether oxygens (including phenoxy) is 1. The van der Waals surface area contributed by atoms with E-state index in [2.05, 4.69) is 4.74 Å². The lowest BCUT2D eigenvalue weighted by Crippen LogP contribution is -2.15. The molecule has 1 unspecified atom stereocenters. The van der Waals surface area contributed by atoms with Crippen molar-refractivity contribution in [1.82, 2.24) is 0 Å². The van der Waals surface area contributed by atoms with Gasteiger partial charge in [-0.3, -0.25) is 0 Å². The minimum Gasteiger partial charge on any atom is -0.464 e. The number of alkyl halides is 1. The van der Waals surface area contributed by atoms with E-state index in [1.54, 1.807) is 0 Å². The number of carbonyl (C=O) groups is 1. The average molecular weight is 134 g/mol. The third kappa shape index (κ3) is 3.94. The molecule has 0 fully saturated rings. The summed E-state index contributed by atoms with van der Waals surface area (Å²) in [5.74, 6) is -0.767. The van der Waals surface area contributed by atoms with E-state index in [0.717, 1.165) is 13.3 Å². The Hall–Kier alpha value is -0.600. The van der Waals surface area contributed by atoms with Crippen LogP contribution in [0, 0.1) is 0 Å². The summed E-state index contributed by atoms with van der Waals surface area (Å²) in [4.78, 5) is 10.3. The summed E-state index contributed by atoms with van der Waals surface area (Å²) in [6.07, 6.45) is -0.755. The maximum absolute atomic E-state index is 11.9. The Kier molecular flexibility index (Phi) is 4.01. The van der Waals surface area contributed by atoms with E-state index in [1.807, 2.05) is 6.92 Å². The summed E-state index contributed by atoms with van der Waals surface area (Å²) >= 11 is 0. The molecule has 0 aromatic rings. The van der Waals surface area contributed by atoms with Gasteiger partial charge in [0.25, 0.3) is 0 Å². The molecule has 0 saturated carbocycles. The number of hydrogen-bond acceptors (Lipinski definition) is 2. The predicted molar refractivity (Wildman–Crippen MR) is 31.8 cm³/mol. The van der Waals surface area contributed by atoms with E-state index in [1.165, 1.54) is 0 Å². The van der Waals surface area contributed by atoms with Gasteiger partial charge in [0.15, 0.2) is 6.17 Å². The average Bonchev–Trinajstić information content (AvgIpc) is 1.82. The zero-order chi connectivity index (χ0) is 7.28. The normalized spacial score (nSPS) is 12.8. The Morgan fingerprint density at radius 3 is 2.67 bits per heavy atom. The zero-order valence-electron chi connectivity index (χ0n) is 5.69. The second-order valence-corrected chi connectivity index (χ2v) is 1.78. The van der Waals surface area contributed by atoms with Crippen LogP contribution in [0.2, 0.25) is 0 Å². The molecule has 0 aromatic heterocycles. The van der Waals surface area contributed by atoms with E-state index >= 15 is 0 Å². The van der Waals surface area contributed by atoms with Gasteiger partial charge in [-0.15, -0.1) is 0 Å². The van der Waals surface area contributed by atoms with Crippen LogP contribution in [-0.4, -0.2) is 18.7 Å². The van der Waals surface area contributed by atoms with Crippen LogP contribution in [0.15, 0.2) is 0 Å². The maximum atomic E-state index is 11.9. The third-order valence-electron chi connectivity index (χ3n) is 0.773. The number of halogens is 1. The molecule has 0 aliphatic carbocycles. The molecule has 0 aromatic carbocycles. The first kappa shape index (κ1) is 8.40. The molecule has 54 valence electrons. The fraction of sp³-hybridized carbons (Fsp3) is 0.833. The van der Waals surface area contributed by atoms with Crippen LogP contribution in [0.4, 0.5) is 4.39 Å². The van der Waals surface area contributed by atoms with Crippen molar-refractivity contribution in [2.45, 2.75) is 26.4 Å². The molecule has 0 N–H and O–H groups in total. The quantitative estimate of drug-likeness (QED) is 0.544. The summed E-state index contributed by atoms with van der Waals surface area (Å²) in [7, 11) is 0.